The highest BCUT2D eigenvalue weighted by Crippen LogP contribution is 2.46. The molecule has 6 aliphatic heterocycles. The molecule has 32 heteroatoms. The summed E-state index contributed by atoms with van der Waals surface area (Å²) in [4.78, 5) is 140. The van der Waals surface area contributed by atoms with E-state index in [4.69, 9.17) is 39.7 Å². The van der Waals surface area contributed by atoms with Crippen molar-refractivity contribution < 1.29 is 41.9 Å². The quantitative estimate of drug-likeness (QED) is 0.0833. The fourth-order valence-corrected chi connectivity index (χ4v) is 21.8. The summed E-state index contributed by atoms with van der Waals surface area (Å²) in [5.41, 5.74) is 23.3. The van der Waals surface area contributed by atoms with Gasteiger partial charge in [0.1, 0.15) is 45.6 Å². The molecule has 1 amide bonds. The Hall–Kier alpha value is -17.3. The molecule has 11 aliphatic rings. The van der Waals surface area contributed by atoms with Crippen molar-refractivity contribution in [3.05, 3.63) is 358 Å². The second kappa shape index (κ2) is 42.7. The van der Waals surface area contributed by atoms with Gasteiger partial charge >= 0.3 is 0 Å². The number of hydrogen-bond acceptors (Lipinski definition) is 27. The number of para-hydroxylation sites is 1. The number of amides is 1. The molecule has 0 bridgehead atoms. The fraction of sp³-hybridized carbons (Fsp3) is 0.246. The molecule has 754 valence electrons. The third-order valence-electron chi connectivity index (χ3n) is 28.3. The number of fused-ring (bicyclic) bond motifs is 17. The summed E-state index contributed by atoms with van der Waals surface area (Å²) in [7, 11) is 1.89. The molecule has 0 saturated carbocycles. The molecule has 12 aromatic rings. The van der Waals surface area contributed by atoms with E-state index in [1.807, 2.05) is 242 Å². The van der Waals surface area contributed by atoms with Crippen LogP contribution < -0.4 is 15.3 Å². The number of nitrogens with one attached hydrogen (secondary N) is 1. The van der Waals surface area contributed by atoms with E-state index in [0.29, 0.717) is 187 Å². The van der Waals surface area contributed by atoms with Crippen molar-refractivity contribution >= 4 is 148 Å². The van der Waals surface area contributed by atoms with Crippen LogP contribution >= 0.6 is 0 Å². The number of nitrogens with zero attached hydrogens (tertiary/aromatic N) is 21. The summed E-state index contributed by atoms with van der Waals surface area (Å²) in [6.45, 7) is 33.2. The molecule has 0 atom stereocenters. The third kappa shape index (κ3) is 18.2. The van der Waals surface area contributed by atoms with Gasteiger partial charge < -0.3 is 39.1 Å². The van der Waals surface area contributed by atoms with Crippen molar-refractivity contribution in [3.8, 4) is 17.3 Å². The summed E-state index contributed by atoms with van der Waals surface area (Å²) >= 11 is 0. The smallest absolute Gasteiger partial charge is 0.254 e. The first-order chi connectivity index (χ1) is 72.8. The highest BCUT2D eigenvalue weighted by molar-refractivity contribution is 7.89. The van der Waals surface area contributed by atoms with Gasteiger partial charge in [-0.25, -0.2) is 53.3 Å². The zero-order valence-corrected chi connectivity index (χ0v) is 87.1. The van der Waals surface area contributed by atoms with Crippen molar-refractivity contribution in [3.63, 3.8) is 0 Å². The van der Waals surface area contributed by atoms with Crippen LogP contribution in [0.2, 0.25) is 0 Å². The van der Waals surface area contributed by atoms with Gasteiger partial charge in [0.2, 0.25) is 39.8 Å². The minimum atomic E-state index is -3.73. The number of ether oxygens (including phenoxy) is 1. The van der Waals surface area contributed by atoms with Crippen LogP contribution in [0.1, 0.15) is 198 Å². The van der Waals surface area contributed by atoms with Gasteiger partial charge in [-0.3, -0.25) is 33.4 Å². The molecule has 5 aliphatic carbocycles. The van der Waals surface area contributed by atoms with Crippen LogP contribution in [0.15, 0.2) is 302 Å². The van der Waals surface area contributed by atoms with E-state index in [1.54, 1.807) is 70.6 Å². The number of carbonyl (C=O) groups excluding carboxylic acids is 6. The third-order valence-corrected chi connectivity index (χ3v) is 30.2. The Morgan fingerprint density at radius 2 is 0.833 bits per heavy atom. The number of carbonyl (C=O) groups is 6. The summed E-state index contributed by atoms with van der Waals surface area (Å²) in [6.07, 6.45) is 3.56. The molecule has 8 heterocycles. The average molecular weight is 2010 g/mol. The molecular weight excluding hydrogens is 1900 g/mol. The molecule has 23 rings (SSSR count). The second-order valence-electron chi connectivity index (χ2n) is 36.8. The monoisotopic (exact) mass is 2010 g/mol. The lowest BCUT2D eigenvalue weighted by atomic mass is 9.82. The number of azo groups is 1. The summed E-state index contributed by atoms with van der Waals surface area (Å²) in [6, 6.07) is 69.1. The van der Waals surface area contributed by atoms with Gasteiger partial charge in [0.05, 0.1) is 92.6 Å². The van der Waals surface area contributed by atoms with Crippen molar-refractivity contribution in [1.29, 1.82) is 5.26 Å². The number of aliphatic imine (C=N–C) groups is 8. The van der Waals surface area contributed by atoms with E-state index < -0.39 is 10.0 Å². The Bertz CT molecular complexity index is 8450. The molecule has 10 aromatic carbocycles. The van der Waals surface area contributed by atoms with Gasteiger partial charge in [0.15, 0.2) is 28.9 Å². The van der Waals surface area contributed by atoms with Gasteiger partial charge in [-0.1, -0.05) is 182 Å². The standard InChI is InChI=1S/C26H28N4O4S.C26H28N4O2.2C23H21N5O.C20H14N4O/c1-4-29(5-2)26-27-23-19-8-6-7-9-20(19)25(31)22(24(23)28-26)21-16-18(11-10-17(21)3)35(32,33)30-12-14-34-15-13-30;1-5-29(6-2)25(32)20-16-12-9-13-17(20)21-23-22(27-26(28-23)30(7-3)8-4)18-14-10-11-15-19(18)24(21)31;1-4-28(5-2)23-25-19-15-10-6-7-11-16(15)22(29)18(20(19)26-23)17-12-8-9-14-13-24-27(3)21(14)17;1-4-28(5-2)23-25-20-15-8-6-7-9-16(15)22(29)19(21(20)26-23)17-11-18-14(10-13(17)3)12-24-27-18;1-24(2)20-22-17-14-9-5-6-10-15(14)19(25)16(18(17)23-20)13-8-4-3-7-12(13)11-21/h6-11,16H,4-5,12-15H2,1-3H3;9-16H,5-8H2,1-4H3;6-13H,4-5H2,1-3H3;6-12H,4-5H2,1-3H3,(H,25,26);3-10H,1-2H3. The van der Waals surface area contributed by atoms with Crippen LogP contribution in [-0.4, -0.2) is 244 Å². The Morgan fingerprint density at radius 3 is 1.31 bits per heavy atom. The number of aryl methyl sites for hydroxylation is 3. The van der Waals surface area contributed by atoms with Gasteiger partial charge in [0, 0.05) is 188 Å². The average Bonchev–Trinajstić information content (AvgIpc) is 1.56. The zero-order valence-electron chi connectivity index (χ0n) is 86.3. The number of anilines is 1. The van der Waals surface area contributed by atoms with Crippen LogP contribution in [0.4, 0.5) is 11.6 Å². The van der Waals surface area contributed by atoms with E-state index in [0.717, 1.165) is 147 Å². The predicted octanol–water partition coefficient (Wildman–Crippen LogP) is 17.4. The minimum absolute atomic E-state index is 0.00446. The van der Waals surface area contributed by atoms with Gasteiger partial charge in [-0.2, -0.15) is 24.9 Å². The lowest BCUT2D eigenvalue weighted by Crippen LogP contribution is -2.40. The Balaban J connectivity index is 0.000000118. The first-order valence-electron chi connectivity index (χ1n) is 50.7. The van der Waals surface area contributed by atoms with E-state index >= 15 is 0 Å². The highest BCUT2D eigenvalue weighted by atomic mass is 32.2. The lowest BCUT2D eigenvalue weighted by molar-refractivity contribution is 0.0730. The SMILES string of the molecule is CCN(CC)C(=O)c1ccccc1C1=C2N=C(N(CC)CC)N=C2c2ccccc2C1=O.CCN(CC)C1=NC2=C(c3cc(S(=O)(=O)N4CCOCC4)ccc3C)C(=O)c3ccccc3C2=N1.CCN(CC)C1=NC2=C(c3cccc4cnn(C)c34)C(=O)c3ccccc3C2=N1.CCN(CC)c1nc2c([nH]1)C(=c1cc3c(cc1C)=CN=N3)C(=O)c1ccccc1-2.CN(C)C1=NC2=C(c3ccccc3C#N)C(=O)c3ccccc3C2=N1. The zero-order chi connectivity index (χ0) is 105. The molecule has 31 nitrogen and oxygen atoms in total. The van der Waals surface area contributed by atoms with E-state index in [1.165, 1.54) is 4.31 Å². The van der Waals surface area contributed by atoms with Gasteiger partial charge in [-0.15, -0.1) is 0 Å². The molecule has 1 fully saturated rings. The van der Waals surface area contributed by atoms with Crippen molar-refractivity contribution in [1.82, 2.24) is 48.6 Å². The van der Waals surface area contributed by atoms with Gasteiger partial charge in [-0.05, 0) is 141 Å². The minimum Gasteiger partial charge on any atom is -0.379 e. The Morgan fingerprint density at radius 1 is 0.427 bits per heavy atom. The predicted molar refractivity (Wildman–Crippen MR) is 589 cm³/mol. The first kappa shape index (κ1) is 101. The maximum Gasteiger partial charge on any atom is 0.254 e. The number of ketones is 5. The number of guanidine groups is 4. The first-order valence-corrected chi connectivity index (χ1v) is 52.1. The molecule has 150 heavy (non-hydrogen) atoms. The Kier molecular flexibility index (Phi) is 28.8. The summed E-state index contributed by atoms with van der Waals surface area (Å²) in [5, 5.41) is 24.9. The number of allylic oxidation sites excluding steroid dienone is 8. The number of H-pyrrole nitrogens is 1. The molecule has 1 saturated heterocycles. The molecule has 2 aromatic heterocycles. The fourth-order valence-electron chi connectivity index (χ4n) is 20.3. The number of aromatic amines is 1. The second-order valence-corrected chi connectivity index (χ2v) is 38.7. The van der Waals surface area contributed by atoms with Crippen LogP contribution in [-0.2, 0) is 21.8 Å². The van der Waals surface area contributed by atoms with Crippen LogP contribution in [0.3, 0.4) is 0 Å². The number of nitriles is 1. The number of benzene rings is 10. The largest absolute Gasteiger partial charge is 0.379 e. The Labute approximate surface area is 869 Å². The van der Waals surface area contributed by atoms with E-state index in [-0.39, 0.29) is 39.7 Å². The van der Waals surface area contributed by atoms with E-state index in [9.17, 15) is 42.4 Å². The van der Waals surface area contributed by atoms with Crippen molar-refractivity contribution in [2.24, 2.45) is 57.2 Å². The maximum absolute atomic E-state index is 13.8. The van der Waals surface area contributed by atoms with Crippen molar-refractivity contribution in [2.45, 2.75) is 88.0 Å². The number of morpholine rings is 1. The molecule has 1 N–H and O–H groups in total. The van der Waals surface area contributed by atoms with Crippen LogP contribution in [0.25, 0.3) is 56.2 Å². The number of aromatic nitrogens is 4. The summed E-state index contributed by atoms with van der Waals surface area (Å²) < 4.78 is 35.3. The maximum atomic E-state index is 13.8. The molecule has 0 unspecified atom stereocenters. The molecule has 0 radical (unpaired) electrons. The number of rotatable bonds is 18. The summed E-state index contributed by atoms with van der Waals surface area (Å²) in [5.74, 6) is 2.63. The lowest BCUT2D eigenvalue weighted by Gasteiger charge is -2.26. The number of Topliss-reactive ketones (excluding diaryl/α,β-unsaturated/α-hetero) is 5. The normalized spacial score (nSPS) is 15.9. The number of imidazole rings is 1. The highest BCUT2D eigenvalue weighted by Gasteiger charge is 2.44. The van der Waals surface area contributed by atoms with Crippen molar-refractivity contribution in [2.75, 3.05) is 111 Å². The van der Waals surface area contributed by atoms with Crippen LogP contribution in [0, 0.1) is 25.2 Å². The van der Waals surface area contributed by atoms with Crippen LogP contribution in [0.5, 0.6) is 0 Å². The number of hydrogen-bond donors (Lipinski definition) is 1. The van der Waals surface area contributed by atoms with Gasteiger partial charge in [0.25, 0.3) is 5.91 Å². The van der Waals surface area contributed by atoms with E-state index in [2.05, 4.69) is 92.6 Å². The number of sulfonamides is 1. The molecular formula is C118H112N22O9S. The molecule has 0 spiro atoms. The topological polar surface area (TPSA) is 362 Å².